The van der Waals surface area contributed by atoms with Crippen LogP contribution in [0.4, 0.5) is 11.9 Å². The van der Waals surface area contributed by atoms with Crippen LogP contribution in [0.25, 0.3) is 0 Å². The van der Waals surface area contributed by atoms with Gasteiger partial charge in [0.15, 0.2) is 0 Å². The van der Waals surface area contributed by atoms with Gasteiger partial charge in [0.05, 0.1) is 25.0 Å². The van der Waals surface area contributed by atoms with E-state index in [1.165, 1.54) is 12.7 Å². The molecular formula is C16H16Cl2CoN8O2. The SMILES string of the molecule is Cc1ccoc1/C=N/c1ncn[nH]1.Cc1ccoc1/C=N/c1ncn[nH]1.[Cl][Co][Cl]. The average molecular weight is 482 g/mol. The molecule has 0 spiro atoms. The third kappa shape index (κ3) is 8.03. The van der Waals surface area contributed by atoms with Gasteiger partial charge in [-0.15, -0.1) is 0 Å². The van der Waals surface area contributed by atoms with Gasteiger partial charge in [0.2, 0.25) is 11.9 Å². The van der Waals surface area contributed by atoms with Crippen LogP contribution in [0.5, 0.6) is 0 Å². The van der Waals surface area contributed by atoms with Crippen LogP contribution in [0.2, 0.25) is 0 Å². The van der Waals surface area contributed by atoms with E-state index >= 15 is 0 Å². The standard InChI is InChI=1S/2C8H8N4O.2ClH.Co/c2*1-6-2-3-13-7(6)4-9-8-10-5-11-12-8;;;/h2*2-5H,1H3,(H,10,11,12);2*1H;/q;;;;+2/p-2/b2*9-4+;;;. The fraction of sp³-hybridized carbons (Fsp3) is 0.125. The van der Waals surface area contributed by atoms with Crippen molar-refractivity contribution >= 4 is 44.6 Å². The van der Waals surface area contributed by atoms with E-state index < -0.39 is 0 Å². The summed E-state index contributed by atoms with van der Waals surface area (Å²) in [7, 11) is 9.47. The van der Waals surface area contributed by atoms with E-state index in [0.717, 1.165) is 22.6 Å². The Kier molecular flexibility index (Phi) is 9.85. The van der Waals surface area contributed by atoms with Crippen molar-refractivity contribution in [3.63, 3.8) is 0 Å². The minimum atomic E-state index is 0.382. The molecule has 0 atom stereocenters. The third-order valence-corrected chi connectivity index (χ3v) is 3.22. The number of nitrogens with zero attached hydrogens (tertiary/aromatic N) is 6. The zero-order valence-corrected chi connectivity index (χ0v) is 17.8. The molecule has 4 rings (SSSR count). The summed E-state index contributed by atoms with van der Waals surface area (Å²) < 4.78 is 10.3. The van der Waals surface area contributed by atoms with E-state index in [1.807, 2.05) is 26.0 Å². The van der Waals surface area contributed by atoms with Gasteiger partial charge in [-0.05, 0) is 37.1 Å². The number of aromatic nitrogens is 6. The maximum absolute atomic E-state index is 5.15. The number of furan rings is 2. The second kappa shape index (κ2) is 12.7. The van der Waals surface area contributed by atoms with Crippen LogP contribution in [0, 0.1) is 13.8 Å². The number of hydrogen-bond donors (Lipinski definition) is 2. The molecule has 0 aliphatic heterocycles. The monoisotopic (exact) mass is 481 g/mol. The Balaban J connectivity index is 0.000000183. The van der Waals surface area contributed by atoms with Gasteiger partial charge < -0.3 is 8.83 Å². The van der Waals surface area contributed by atoms with Crippen LogP contribution in [-0.4, -0.2) is 42.8 Å². The first kappa shape index (κ1) is 22.6. The van der Waals surface area contributed by atoms with Gasteiger partial charge in [0.1, 0.15) is 24.2 Å². The molecule has 2 N–H and O–H groups in total. The van der Waals surface area contributed by atoms with Crippen LogP contribution in [0.3, 0.4) is 0 Å². The topological polar surface area (TPSA) is 134 Å². The van der Waals surface area contributed by atoms with Gasteiger partial charge in [0, 0.05) is 0 Å². The second-order valence-electron chi connectivity index (χ2n) is 5.12. The fourth-order valence-corrected chi connectivity index (χ4v) is 1.80. The van der Waals surface area contributed by atoms with Crippen molar-refractivity contribution in [2.75, 3.05) is 0 Å². The molecule has 4 aromatic heterocycles. The van der Waals surface area contributed by atoms with Crippen LogP contribution in [0.15, 0.2) is 56.1 Å². The second-order valence-corrected chi connectivity index (χ2v) is 6.84. The normalized spacial score (nSPS) is 10.8. The van der Waals surface area contributed by atoms with Gasteiger partial charge in [-0.2, -0.15) is 20.2 Å². The summed E-state index contributed by atoms with van der Waals surface area (Å²) in [6.07, 6.45) is 9.27. The van der Waals surface area contributed by atoms with E-state index in [-0.39, 0.29) is 0 Å². The maximum atomic E-state index is 5.15. The molecule has 4 heterocycles. The van der Waals surface area contributed by atoms with Crippen molar-refractivity contribution < 1.29 is 21.7 Å². The molecule has 0 saturated carbocycles. The summed E-state index contributed by atoms with van der Waals surface area (Å²) in [5.74, 6) is 2.40. The zero-order chi connectivity index (χ0) is 20.9. The van der Waals surface area contributed by atoms with Gasteiger partial charge >= 0.3 is 33.2 Å². The fourth-order valence-electron chi connectivity index (χ4n) is 1.80. The van der Waals surface area contributed by atoms with E-state index in [1.54, 1.807) is 25.0 Å². The quantitative estimate of drug-likeness (QED) is 0.417. The summed E-state index contributed by atoms with van der Waals surface area (Å²) in [5.41, 5.74) is 2.09. The van der Waals surface area contributed by atoms with Crippen LogP contribution in [0.1, 0.15) is 22.6 Å². The predicted molar refractivity (Wildman–Crippen MR) is 106 cm³/mol. The number of halogens is 2. The van der Waals surface area contributed by atoms with Crippen molar-refractivity contribution in [2.24, 2.45) is 9.98 Å². The molecule has 0 bridgehead atoms. The van der Waals surface area contributed by atoms with Crippen molar-refractivity contribution in [3.8, 4) is 0 Å². The minimum absolute atomic E-state index is 0.382. The number of aryl methyl sites for hydroxylation is 2. The zero-order valence-electron chi connectivity index (χ0n) is 15.2. The average Bonchev–Trinajstić information content (AvgIpc) is 3.50. The van der Waals surface area contributed by atoms with Gasteiger partial charge in [-0.25, -0.2) is 20.2 Å². The van der Waals surface area contributed by atoms with E-state index in [9.17, 15) is 0 Å². The van der Waals surface area contributed by atoms with Crippen molar-refractivity contribution in [2.45, 2.75) is 13.8 Å². The number of aliphatic imine (C=N–C) groups is 2. The first-order valence-electron chi connectivity index (χ1n) is 7.84. The molecule has 0 fully saturated rings. The van der Waals surface area contributed by atoms with E-state index in [2.05, 4.69) is 40.3 Å². The number of H-pyrrole nitrogens is 2. The summed E-state index contributed by atoms with van der Waals surface area (Å²) >= 11 is 0.382. The molecule has 0 aromatic carbocycles. The molecule has 10 nitrogen and oxygen atoms in total. The molecule has 0 unspecified atom stereocenters. The molecule has 0 saturated heterocycles. The van der Waals surface area contributed by atoms with E-state index in [0.29, 0.717) is 24.8 Å². The Hall–Kier alpha value is -2.73. The van der Waals surface area contributed by atoms with Crippen molar-refractivity contribution in [1.29, 1.82) is 0 Å². The molecule has 13 heteroatoms. The Labute approximate surface area is 180 Å². The van der Waals surface area contributed by atoms with Gasteiger partial charge in [0.25, 0.3) is 0 Å². The number of rotatable bonds is 4. The first-order chi connectivity index (χ1) is 14.1. The van der Waals surface area contributed by atoms with Crippen LogP contribution < -0.4 is 0 Å². The van der Waals surface area contributed by atoms with Crippen LogP contribution >= 0.6 is 20.3 Å². The van der Waals surface area contributed by atoms with Crippen molar-refractivity contribution in [1.82, 2.24) is 30.4 Å². The number of aromatic amines is 2. The van der Waals surface area contributed by atoms with Gasteiger partial charge in [-0.1, -0.05) is 0 Å². The Bertz CT molecular complexity index is 916. The molecule has 0 radical (unpaired) electrons. The summed E-state index contributed by atoms with van der Waals surface area (Å²) in [5, 5.41) is 12.6. The predicted octanol–water partition coefficient (Wildman–Crippen LogP) is 4.29. The molecule has 0 aliphatic carbocycles. The van der Waals surface area contributed by atoms with E-state index in [4.69, 9.17) is 29.1 Å². The van der Waals surface area contributed by atoms with Gasteiger partial charge in [-0.3, -0.25) is 0 Å². The van der Waals surface area contributed by atoms with Crippen LogP contribution in [-0.2, 0) is 12.9 Å². The first-order valence-corrected chi connectivity index (χ1v) is 10.7. The molecule has 29 heavy (non-hydrogen) atoms. The third-order valence-electron chi connectivity index (χ3n) is 3.22. The molecule has 155 valence electrons. The summed E-state index contributed by atoms with van der Waals surface area (Å²) in [6.45, 7) is 3.90. The molecule has 0 aliphatic rings. The molecular weight excluding hydrogens is 466 g/mol. The number of hydrogen-bond acceptors (Lipinski definition) is 8. The number of nitrogens with one attached hydrogen (secondary N) is 2. The van der Waals surface area contributed by atoms with Crippen molar-refractivity contribution in [3.05, 3.63) is 60.0 Å². The summed E-state index contributed by atoms with van der Waals surface area (Å²) in [6, 6.07) is 3.75. The molecule has 0 amide bonds. The Morgan fingerprint density at radius 1 is 0.862 bits per heavy atom. The Morgan fingerprint density at radius 3 is 1.55 bits per heavy atom. The Morgan fingerprint density at radius 2 is 1.28 bits per heavy atom. The summed E-state index contributed by atoms with van der Waals surface area (Å²) in [4.78, 5) is 15.7. The molecule has 4 aromatic rings.